The average molecular weight is 277 g/mol. The van der Waals surface area contributed by atoms with E-state index in [1.165, 1.54) is 6.42 Å². The number of aromatic amines is 1. The molecule has 2 fully saturated rings. The van der Waals surface area contributed by atoms with E-state index in [1.54, 1.807) is 0 Å². The zero-order valence-corrected chi connectivity index (χ0v) is 12.4. The first-order valence-electron chi connectivity index (χ1n) is 7.41. The molecule has 0 aliphatic carbocycles. The quantitative estimate of drug-likeness (QED) is 0.805. The van der Waals surface area contributed by atoms with Crippen LogP contribution in [0.3, 0.4) is 0 Å². The SMILES string of the molecule is CC(C)(C)c1nc(C(=O)N2CCC3CCC(C2)N3)n[nH]1. The van der Waals surface area contributed by atoms with E-state index in [2.05, 4.69) is 41.3 Å². The zero-order chi connectivity index (χ0) is 14.3. The second-order valence-corrected chi connectivity index (χ2v) is 6.94. The molecule has 0 saturated carbocycles. The first kappa shape index (κ1) is 13.5. The Morgan fingerprint density at radius 2 is 2.00 bits per heavy atom. The second-order valence-electron chi connectivity index (χ2n) is 6.94. The van der Waals surface area contributed by atoms with Crippen LogP contribution in [0.5, 0.6) is 0 Å². The summed E-state index contributed by atoms with van der Waals surface area (Å²) in [6, 6.07) is 1.02. The number of aromatic nitrogens is 3. The van der Waals surface area contributed by atoms with E-state index >= 15 is 0 Å². The van der Waals surface area contributed by atoms with Gasteiger partial charge in [-0.15, -0.1) is 5.10 Å². The van der Waals surface area contributed by atoms with Crippen LogP contribution in [0.15, 0.2) is 0 Å². The molecule has 3 rings (SSSR count). The van der Waals surface area contributed by atoms with Gasteiger partial charge in [-0.05, 0) is 19.3 Å². The molecule has 2 atom stereocenters. The minimum atomic E-state index is -0.120. The van der Waals surface area contributed by atoms with E-state index in [9.17, 15) is 4.79 Å². The number of nitrogens with one attached hydrogen (secondary N) is 2. The third kappa shape index (κ3) is 2.57. The Labute approximate surface area is 119 Å². The van der Waals surface area contributed by atoms with Gasteiger partial charge in [-0.2, -0.15) is 0 Å². The third-order valence-electron chi connectivity index (χ3n) is 4.20. The minimum absolute atomic E-state index is 0.0499. The topological polar surface area (TPSA) is 73.9 Å². The lowest BCUT2D eigenvalue weighted by atomic mass is 9.96. The molecule has 6 nitrogen and oxygen atoms in total. The van der Waals surface area contributed by atoms with Crippen molar-refractivity contribution in [2.45, 2.75) is 57.5 Å². The van der Waals surface area contributed by atoms with Crippen molar-refractivity contribution in [3.05, 3.63) is 11.6 Å². The molecular formula is C14H23N5O. The highest BCUT2D eigenvalue weighted by Gasteiger charge is 2.33. The van der Waals surface area contributed by atoms with E-state index in [-0.39, 0.29) is 11.3 Å². The van der Waals surface area contributed by atoms with Crippen molar-refractivity contribution in [3.63, 3.8) is 0 Å². The van der Waals surface area contributed by atoms with Crippen molar-refractivity contribution in [1.82, 2.24) is 25.4 Å². The summed E-state index contributed by atoms with van der Waals surface area (Å²) in [7, 11) is 0. The Balaban J connectivity index is 1.73. The molecule has 0 aromatic carbocycles. The number of carbonyl (C=O) groups excluding carboxylic acids is 1. The second kappa shape index (κ2) is 4.84. The highest BCUT2D eigenvalue weighted by Crippen LogP contribution is 2.22. The van der Waals surface area contributed by atoms with Crippen molar-refractivity contribution in [2.75, 3.05) is 13.1 Å². The molecule has 2 bridgehead atoms. The Bertz CT molecular complexity index is 504. The van der Waals surface area contributed by atoms with E-state index in [0.717, 1.165) is 31.8 Å². The Kier molecular flexibility index (Phi) is 3.28. The lowest BCUT2D eigenvalue weighted by molar-refractivity contribution is 0.0736. The first-order chi connectivity index (χ1) is 9.43. The maximum absolute atomic E-state index is 12.5. The lowest BCUT2D eigenvalue weighted by Gasteiger charge is -2.22. The van der Waals surface area contributed by atoms with E-state index in [0.29, 0.717) is 17.9 Å². The molecule has 1 aromatic heterocycles. The van der Waals surface area contributed by atoms with Gasteiger partial charge >= 0.3 is 0 Å². The molecule has 3 heterocycles. The van der Waals surface area contributed by atoms with Crippen LogP contribution >= 0.6 is 0 Å². The van der Waals surface area contributed by atoms with Gasteiger partial charge in [0.15, 0.2) is 0 Å². The highest BCUT2D eigenvalue weighted by atomic mass is 16.2. The number of H-pyrrole nitrogens is 1. The van der Waals surface area contributed by atoms with E-state index < -0.39 is 0 Å². The molecule has 2 aliphatic rings. The molecule has 2 saturated heterocycles. The van der Waals surface area contributed by atoms with Crippen molar-refractivity contribution >= 4 is 5.91 Å². The summed E-state index contributed by atoms with van der Waals surface area (Å²) in [5.74, 6) is 1.01. The summed E-state index contributed by atoms with van der Waals surface area (Å²) in [4.78, 5) is 18.8. The zero-order valence-electron chi connectivity index (χ0n) is 12.4. The number of carbonyl (C=O) groups is 1. The van der Waals surface area contributed by atoms with Crippen LogP contribution in [0, 0.1) is 0 Å². The van der Waals surface area contributed by atoms with Crippen molar-refractivity contribution in [2.24, 2.45) is 0 Å². The summed E-state index contributed by atoms with van der Waals surface area (Å²) >= 11 is 0. The van der Waals surface area contributed by atoms with Gasteiger partial charge in [0.25, 0.3) is 5.91 Å². The summed E-state index contributed by atoms with van der Waals surface area (Å²) in [6.45, 7) is 7.73. The molecule has 2 unspecified atom stereocenters. The maximum Gasteiger partial charge on any atom is 0.293 e. The highest BCUT2D eigenvalue weighted by molar-refractivity contribution is 5.90. The van der Waals surface area contributed by atoms with Crippen LogP contribution in [-0.4, -0.2) is 51.2 Å². The van der Waals surface area contributed by atoms with Gasteiger partial charge in [-0.25, -0.2) is 4.98 Å². The molecule has 1 amide bonds. The number of amides is 1. The normalized spacial score (nSPS) is 26.6. The van der Waals surface area contributed by atoms with Gasteiger partial charge < -0.3 is 10.2 Å². The van der Waals surface area contributed by atoms with Crippen molar-refractivity contribution in [1.29, 1.82) is 0 Å². The number of rotatable bonds is 1. The summed E-state index contributed by atoms with van der Waals surface area (Å²) in [5.41, 5.74) is -0.120. The Morgan fingerprint density at radius 3 is 2.70 bits per heavy atom. The van der Waals surface area contributed by atoms with Gasteiger partial charge in [0, 0.05) is 30.6 Å². The number of fused-ring (bicyclic) bond motifs is 2. The molecule has 1 aromatic rings. The largest absolute Gasteiger partial charge is 0.334 e. The molecule has 0 radical (unpaired) electrons. The summed E-state index contributed by atoms with van der Waals surface area (Å²) in [6.07, 6.45) is 3.43. The predicted octanol–water partition coefficient (Wildman–Crippen LogP) is 1.07. The van der Waals surface area contributed by atoms with Crippen LogP contribution in [0.1, 0.15) is 56.5 Å². The monoisotopic (exact) mass is 277 g/mol. The average Bonchev–Trinajstić information content (AvgIpc) is 2.94. The number of nitrogens with zero attached hydrogens (tertiary/aromatic N) is 3. The van der Waals surface area contributed by atoms with E-state index in [1.807, 2.05) is 4.90 Å². The summed E-state index contributed by atoms with van der Waals surface area (Å²) in [5, 5.41) is 10.6. The van der Waals surface area contributed by atoms with Gasteiger partial charge in [0.1, 0.15) is 5.82 Å². The lowest BCUT2D eigenvalue weighted by Crippen LogP contribution is -2.39. The Morgan fingerprint density at radius 1 is 1.25 bits per heavy atom. The van der Waals surface area contributed by atoms with Gasteiger partial charge in [0.2, 0.25) is 5.82 Å². The Hall–Kier alpha value is -1.43. The molecular weight excluding hydrogens is 254 g/mol. The van der Waals surface area contributed by atoms with Crippen LogP contribution in [0.4, 0.5) is 0 Å². The standard InChI is InChI=1S/C14H23N5O/c1-14(2,3)13-16-11(17-18-13)12(20)19-7-6-9-4-5-10(8-19)15-9/h9-10,15H,4-8H2,1-3H3,(H,16,17,18). The molecule has 110 valence electrons. The van der Waals surface area contributed by atoms with Gasteiger partial charge in [0.05, 0.1) is 0 Å². The predicted molar refractivity (Wildman–Crippen MR) is 75.5 cm³/mol. The maximum atomic E-state index is 12.5. The molecule has 20 heavy (non-hydrogen) atoms. The van der Waals surface area contributed by atoms with Crippen LogP contribution in [-0.2, 0) is 5.41 Å². The van der Waals surface area contributed by atoms with Crippen molar-refractivity contribution < 1.29 is 4.79 Å². The number of likely N-dealkylation sites (tertiary alicyclic amines) is 1. The van der Waals surface area contributed by atoms with Crippen LogP contribution in [0.25, 0.3) is 0 Å². The minimum Gasteiger partial charge on any atom is -0.334 e. The van der Waals surface area contributed by atoms with Crippen LogP contribution in [0.2, 0.25) is 0 Å². The molecule has 2 N–H and O–H groups in total. The fourth-order valence-electron chi connectivity index (χ4n) is 2.96. The van der Waals surface area contributed by atoms with E-state index in [4.69, 9.17) is 0 Å². The summed E-state index contributed by atoms with van der Waals surface area (Å²) < 4.78 is 0. The van der Waals surface area contributed by atoms with Crippen molar-refractivity contribution in [3.8, 4) is 0 Å². The smallest absolute Gasteiger partial charge is 0.293 e. The fraction of sp³-hybridized carbons (Fsp3) is 0.786. The fourth-order valence-corrected chi connectivity index (χ4v) is 2.96. The molecule has 0 spiro atoms. The molecule has 2 aliphatic heterocycles. The third-order valence-corrected chi connectivity index (χ3v) is 4.20. The number of hydrogen-bond donors (Lipinski definition) is 2. The van der Waals surface area contributed by atoms with Gasteiger partial charge in [-0.3, -0.25) is 9.89 Å². The molecule has 6 heteroatoms. The van der Waals surface area contributed by atoms with Gasteiger partial charge in [-0.1, -0.05) is 20.8 Å². The van der Waals surface area contributed by atoms with Crippen LogP contribution < -0.4 is 5.32 Å². The number of hydrogen-bond acceptors (Lipinski definition) is 4. The first-order valence-corrected chi connectivity index (χ1v) is 7.41.